The third-order valence-corrected chi connectivity index (χ3v) is 3.93. The van der Waals surface area contributed by atoms with E-state index in [-0.39, 0.29) is 12.1 Å². The van der Waals surface area contributed by atoms with Gasteiger partial charge in [0, 0.05) is 42.9 Å². The summed E-state index contributed by atoms with van der Waals surface area (Å²) in [5, 5.41) is 1.23. The lowest BCUT2D eigenvalue weighted by atomic mass is 10.1. The number of benzene rings is 1. The number of nitrogens with zero attached hydrogens (tertiary/aromatic N) is 3. The average Bonchev–Trinajstić information content (AvgIpc) is 3.03. The number of para-hydroxylation sites is 1. The maximum absolute atomic E-state index is 11.5. The second-order valence-electron chi connectivity index (χ2n) is 4.99. The van der Waals surface area contributed by atoms with E-state index < -0.39 is 0 Å². The van der Waals surface area contributed by atoms with E-state index in [0.717, 1.165) is 25.2 Å². The average molecular weight is 254 g/mol. The van der Waals surface area contributed by atoms with Crippen LogP contribution in [0, 0.1) is 0 Å². The standard InChI is InChI=1S/C14H14N4O/c19-14-16-7-10-9-17(5-6-18(10)14)13-8-15-12-4-2-1-3-11(12)13/h1-4,7-8,10,15H,5-6,9H2. The molecule has 96 valence electrons. The fourth-order valence-corrected chi connectivity index (χ4v) is 2.94. The molecule has 1 N–H and O–H groups in total. The van der Waals surface area contributed by atoms with Gasteiger partial charge in [0.2, 0.25) is 0 Å². The third kappa shape index (κ3) is 1.54. The Morgan fingerprint density at radius 3 is 3.11 bits per heavy atom. The van der Waals surface area contributed by atoms with E-state index in [2.05, 4.69) is 33.1 Å². The SMILES string of the molecule is O=C1N=CC2CN(c3c[nH]c4ccccc34)CCN12. The highest BCUT2D eigenvalue weighted by Crippen LogP contribution is 2.28. The van der Waals surface area contributed by atoms with Gasteiger partial charge in [0.15, 0.2) is 0 Å². The molecule has 2 aliphatic heterocycles. The summed E-state index contributed by atoms with van der Waals surface area (Å²) >= 11 is 0. The van der Waals surface area contributed by atoms with Crippen molar-refractivity contribution in [1.82, 2.24) is 9.88 Å². The van der Waals surface area contributed by atoms with E-state index in [1.165, 1.54) is 11.1 Å². The number of hydrogen-bond acceptors (Lipinski definition) is 2. The van der Waals surface area contributed by atoms with Crippen LogP contribution in [0.3, 0.4) is 0 Å². The number of amides is 2. The lowest BCUT2D eigenvalue weighted by Gasteiger charge is -2.37. The first-order valence-electron chi connectivity index (χ1n) is 6.49. The summed E-state index contributed by atoms with van der Waals surface area (Å²) in [6.45, 7) is 2.41. The quantitative estimate of drug-likeness (QED) is 0.844. The largest absolute Gasteiger partial charge is 0.366 e. The molecule has 1 atom stereocenters. The maximum Gasteiger partial charge on any atom is 0.343 e. The minimum atomic E-state index is -0.0939. The first-order chi connectivity index (χ1) is 9.33. The number of piperazine rings is 1. The molecule has 5 heteroatoms. The summed E-state index contributed by atoms with van der Waals surface area (Å²) in [6.07, 6.45) is 3.82. The summed E-state index contributed by atoms with van der Waals surface area (Å²) in [5.41, 5.74) is 2.36. The Morgan fingerprint density at radius 2 is 2.16 bits per heavy atom. The molecule has 2 aromatic rings. The van der Waals surface area contributed by atoms with Gasteiger partial charge in [0.05, 0.1) is 11.7 Å². The van der Waals surface area contributed by atoms with Crippen LogP contribution < -0.4 is 4.90 Å². The van der Waals surface area contributed by atoms with E-state index in [1.807, 2.05) is 17.2 Å². The zero-order chi connectivity index (χ0) is 12.8. The molecule has 4 rings (SSSR count). The van der Waals surface area contributed by atoms with Gasteiger partial charge >= 0.3 is 6.03 Å². The molecule has 1 aromatic carbocycles. The van der Waals surface area contributed by atoms with Crippen molar-refractivity contribution in [3.05, 3.63) is 30.5 Å². The van der Waals surface area contributed by atoms with E-state index in [0.29, 0.717) is 0 Å². The second-order valence-corrected chi connectivity index (χ2v) is 4.99. The molecule has 0 saturated carbocycles. The van der Waals surface area contributed by atoms with Crippen LogP contribution in [0.5, 0.6) is 0 Å². The van der Waals surface area contributed by atoms with Crippen LogP contribution >= 0.6 is 0 Å². The van der Waals surface area contributed by atoms with Crippen molar-refractivity contribution < 1.29 is 4.79 Å². The van der Waals surface area contributed by atoms with Gasteiger partial charge in [-0.15, -0.1) is 0 Å². The van der Waals surface area contributed by atoms with Gasteiger partial charge in [0.1, 0.15) is 0 Å². The molecule has 1 aromatic heterocycles. The van der Waals surface area contributed by atoms with Gasteiger partial charge in [0.25, 0.3) is 0 Å². The van der Waals surface area contributed by atoms with Crippen LogP contribution in [-0.2, 0) is 0 Å². The first kappa shape index (κ1) is 10.6. The molecular weight excluding hydrogens is 240 g/mol. The smallest absolute Gasteiger partial charge is 0.343 e. The van der Waals surface area contributed by atoms with Crippen molar-refractivity contribution in [2.24, 2.45) is 4.99 Å². The Morgan fingerprint density at radius 1 is 1.26 bits per heavy atom. The Hall–Kier alpha value is -2.30. The lowest BCUT2D eigenvalue weighted by Crippen LogP contribution is -2.52. The molecule has 0 aliphatic carbocycles. The molecule has 1 unspecified atom stereocenters. The minimum absolute atomic E-state index is 0.0939. The van der Waals surface area contributed by atoms with Gasteiger partial charge < -0.3 is 14.8 Å². The Labute approximate surface area is 110 Å². The summed E-state index contributed by atoms with van der Waals surface area (Å²) < 4.78 is 0. The molecule has 3 heterocycles. The molecule has 0 spiro atoms. The van der Waals surface area contributed by atoms with Gasteiger partial charge in [-0.05, 0) is 6.07 Å². The number of nitrogens with one attached hydrogen (secondary N) is 1. The van der Waals surface area contributed by atoms with Crippen molar-refractivity contribution >= 4 is 28.8 Å². The van der Waals surface area contributed by atoms with E-state index in [1.54, 1.807) is 6.21 Å². The zero-order valence-electron chi connectivity index (χ0n) is 10.4. The van der Waals surface area contributed by atoms with Crippen LogP contribution in [0.2, 0.25) is 0 Å². The number of carbonyl (C=O) groups excluding carboxylic acids is 1. The van der Waals surface area contributed by atoms with Crippen molar-refractivity contribution in [2.45, 2.75) is 6.04 Å². The molecule has 5 nitrogen and oxygen atoms in total. The predicted octanol–water partition coefficient (Wildman–Crippen LogP) is 1.86. The predicted molar refractivity (Wildman–Crippen MR) is 74.9 cm³/mol. The molecule has 1 saturated heterocycles. The molecule has 2 amide bonds. The van der Waals surface area contributed by atoms with Crippen molar-refractivity contribution in [2.75, 3.05) is 24.5 Å². The summed E-state index contributed by atoms with van der Waals surface area (Å²) in [4.78, 5) is 22.9. The maximum atomic E-state index is 11.5. The third-order valence-electron chi connectivity index (χ3n) is 3.93. The van der Waals surface area contributed by atoms with E-state index >= 15 is 0 Å². The number of fused-ring (bicyclic) bond motifs is 2. The van der Waals surface area contributed by atoms with Crippen molar-refractivity contribution in [3.63, 3.8) is 0 Å². The second kappa shape index (κ2) is 3.85. The highest BCUT2D eigenvalue weighted by Gasteiger charge is 2.33. The minimum Gasteiger partial charge on any atom is -0.366 e. The Balaban J connectivity index is 1.67. The molecule has 0 bridgehead atoms. The Kier molecular flexibility index (Phi) is 2.15. The Bertz CT molecular complexity index is 675. The van der Waals surface area contributed by atoms with Crippen LogP contribution in [0.15, 0.2) is 35.5 Å². The van der Waals surface area contributed by atoms with Crippen LogP contribution in [-0.4, -0.2) is 47.8 Å². The molecule has 19 heavy (non-hydrogen) atoms. The van der Waals surface area contributed by atoms with Gasteiger partial charge in [-0.1, -0.05) is 18.2 Å². The van der Waals surface area contributed by atoms with Gasteiger partial charge in [-0.25, -0.2) is 9.79 Å². The number of aromatic nitrogens is 1. The molecule has 0 radical (unpaired) electrons. The number of hydrogen-bond donors (Lipinski definition) is 1. The number of H-pyrrole nitrogens is 1. The monoisotopic (exact) mass is 254 g/mol. The van der Waals surface area contributed by atoms with E-state index in [4.69, 9.17) is 0 Å². The highest BCUT2D eigenvalue weighted by molar-refractivity contribution is 5.95. The number of aliphatic imine (C=N–C) groups is 1. The van der Waals surface area contributed by atoms with Crippen LogP contribution in [0.25, 0.3) is 10.9 Å². The number of aromatic amines is 1. The molecule has 2 aliphatic rings. The number of anilines is 1. The van der Waals surface area contributed by atoms with E-state index in [9.17, 15) is 4.79 Å². The topological polar surface area (TPSA) is 51.7 Å². The normalized spacial score (nSPS) is 22.3. The van der Waals surface area contributed by atoms with Crippen LogP contribution in [0.4, 0.5) is 10.5 Å². The van der Waals surface area contributed by atoms with Crippen LogP contribution in [0.1, 0.15) is 0 Å². The number of carbonyl (C=O) groups is 1. The first-order valence-corrected chi connectivity index (χ1v) is 6.49. The molecule has 1 fully saturated rings. The summed E-state index contributed by atoms with van der Waals surface area (Å²) in [7, 11) is 0. The summed E-state index contributed by atoms with van der Waals surface area (Å²) in [5.74, 6) is 0. The van der Waals surface area contributed by atoms with Gasteiger partial charge in [-0.2, -0.15) is 0 Å². The fourth-order valence-electron chi connectivity index (χ4n) is 2.94. The number of rotatable bonds is 1. The van der Waals surface area contributed by atoms with Crippen molar-refractivity contribution in [3.8, 4) is 0 Å². The van der Waals surface area contributed by atoms with Crippen molar-refractivity contribution in [1.29, 1.82) is 0 Å². The van der Waals surface area contributed by atoms with Gasteiger partial charge in [-0.3, -0.25) is 0 Å². The lowest BCUT2D eigenvalue weighted by molar-refractivity contribution is 0.201. The number of urea groups is 1. The molecular formula is C14H14N4O. The summed E-state index contributed by atoms with van der Waals surface area (Å²) in [6, 6.07) is 8.31. The highest BCUT2D eigenvalue weighted by atomic mass is 16.2. The fraction of sp³-hybridized carbons (Fsp3) is 0.286. The zero-order valence-corrected chi connectivity index (χ0v) is 10.4.